The molecule has 0 aliphatic rings. The first-order valence-corrected chi connectivity index (χ1v) is 8.00. The van der Waals surface area contributed by atoms with Crippen molar-refractivity contribution in [2.24, 2.45) is 0 Å². The third-order valence-corrected chi connectivity index (χ3v) is 4.63. The van der Waals surface area contributed by atoms with E-state index in [9.17, 15) is 9.18 Å². The summed E-state index contributed by atoms with van der Waals surface area (Å²) in [6.45, 7) is 6.49. The summed E-state index contributed by atoms with van der Waals surface area (Å²) in [5.41, 5.74) is 1.84. The molecule has 1 N–H and O–H groups in total. The van der Waals surface area contributed by atoms with Crippen molar-refractivity contribution in [1.29, 1.82) is 0 Å². The van der Waals surface area contributed by atoms with E-state index in [4.69, 9.17) is 0 Å². The largest absolute Gasteiger partial charge is 0.348 e. The summed E-state index contributed by atoms with van der Waals surface area (Å²) in [5.74, 6) is -0.369. The molecule has 2 heterocycles. The first kappa shape index (κ1) is 15.4. The van der Waals surface area contributed by atoms with Gasteiger partial charge in [0.1, 0.15) is 10.6 Å². The van der Waals surface area contributed by atoms with E-state index in [2.05, 4.69) is 17.0 Å². The van der Waals surface area contributed by atoms with E-state index < -0.39 is 0 Å². The van der Waals surface area contributed by atoms with Crippen LogP contribution in [0.5, 0.6) is 0 Å². The molecule has 6 heteroatoms. The molecule has 0 aliphatic carbocycles. The summed E-state index contributed by atoms with van der Waals surface area (Å²) in [5, 5.41) is 8.26. The second kappa shape index (κ2) is 6.34. The van der Waals surface area contributed by atoms with Gasteiger partial charge < -0.3 is 5.32 Å². The number of hydrogen-bond acceptors (Lipinski definition) is 3. The van der Waals surface area contributed by atoms with Crippen LogP contribution in [0.1, 0.15) is 20.9 Å². The molecule has 0 unspecified atom stereocenters. The third kappa shape index (κ3) is 3.17. The molecular formula is C17H16FN3OS. The molecule has 0 radical (unpaired) electrons. The number of fused-ring (bicyclic) bond motifs is 1. The minimum atomic E-state index is -0.257. The number of halogens is 1. The molecule has 0 atom stereocenters. The lowest BCUT2D eigenvalue weighted by Crippen LogP contribution is -2.22. The normalized spacial score (nSPS) is 10.9. The molecule has 0 fully saturated rings. The quantitative estimate of drug-likeness (QED) is 0.728. The van der Waals surface area contributed by atoms with Crippen LogP contribution in [-0.4, -0.2) is 22.2 Å². The summed E-state index contributed by atoms with van der Waals surface area (Å²) in [4.78, 5) is 13.7. The van der Waals surface area contributed by atoms with E-state index in [1.54, 1.807) is 18.2 Å². The van der Waals surface area contributed by atoms with Gasteiger partial charge in [0, 0.05) is 11.9 Å². The van der Waals surface area contributed by atoms with Gasteiger partial charge in [-0.2, -0.15) is 5.10 Å². The van der Waals surface area contributed by atoms with Crippen molar-refractivity contribution < 1.29 is 9.18 Å². The highest BCUT2D eigenvalue weighted by molar-refractivity contribution is 7.20. The predicted molar refractivity (Wildman–Crippen MR) is 90.4 cm³/mol. The summed E-state index contributed by atoms with van der Waals surface area (Å²) in [7, 11) is 0. The minimum Gasteiger partial charge on any atom is -0.348 e. The molecule has 0 aliphatic heterocycles. The molecule has 0 saturated heterocycles. The van der Waals surface area contributed by atoms with E-state index in [0.29, 0.717) is 18.0 Å². The van der Waals surface area contributed by atoms with Crippen LogP contribution in [0.3, 0.4) is 0 Å². The van der Waals surface area contributed by atoms with Gasteiger partial charge in [0.05, 0.1) is 17.1 Å². The Morgan fingerprint density at radius 2 is 2.17 bits per heavy atom. The van der Waals surface area contributed by atoms with E-state index in [1.807, 2.05) is 17.7 Å². The van der Waals surface area contributed by atoms with E-state index in [-0.39, 0.29) is 11.7 Å². The van der Waals surface area contributed by atoms with Gasteiger partial charge in [-0.15, -0.1) is 17.9 Å². The van der Waals surface area contributed by atoms with Gasteiger partial charge in [0.2, 0.25) is 0 Å². The highest BCUT2D eigenvalue weighted by Gasteiger charge is 2.16. The van der Waals surface area contributed by atoms with Crippen molar-refractivity contribution in [3.63, 3.8) is 0 Å². The van der Waals surface area contributed by atoms with Crippen LogP contribution in [0, 0.1) is 12.7 Å². The van der Waals surface area contributed by atoms with E-state index >= 15 is 0 Å². The summed E-state index contributed by atoms with van der Waals surface area (Å²) in [6, 6.07) is 8.21. The first-order valence-electron chi connectivity index (χ1n) is 7.19. The number of hydrogen-bond donors (Lipinski definition) is 1. The maximum absolute atomic E-state index is 13.0. The van der Waals surface area contributed by atoms with Crippen LogP contribution in [-0.2, 0) is 6.54 Å². The molecule has 1 amide bonds. The average molecular weight is 329 g/mol. The van der Waals surface area contributed by atoms with Crippen LogP contribution in [0.2, 0.25) is 0 Å². The fraction of sp³-hybridized carbons (Fsp3) is 0.176. The zero-order valence-corrected chi connectivity index (χ0v) is 13.5. The zero-order valence-electron chi connectivity index (χ0n) is 12.7. The predicted octanol–water partition coefficient (Wildman–Crippen LogP) is 3.51. The fourth-order valence-corrected chi connectivity index (χ4v) is 3.42. The topological polar surface area (TPSA) is 46.9 Å². The number of amides is 1. The first-order chi connectivity index (χ1) is 11.1. The van der Waals surface area contributed by atoms with E-state index in [1.165, 1.54) is 23.5 Å². The zero-order chi connectivity index (χ0) is 16.4. The van der Waals surface area contributed by atoms with Gasteiger partial charge in [-0.05, 0) is 30.7 Å². The molecule has 0 saturated carbocycles. The number of thiophene rings is 1. The van der Waals surface area contributed by atoms with Crippen molar-refractivity contribution in [3.8, 4) is 0 Å². The summed E-state index contributed by atoms with van der Waals surface area (Å²) >= 11 is 1.41. The van der Waals surface area contributed by atoms with Crippen molar-refractivity contribution in [3.05, 3.63) is 64.9 Å². The van der Waals surface area contributed by atoms with Crippen LogP contribution < -0.4 is 5.32 Å². The van der Waals surface area contributed by atoms with Crippen LogP contribution >= 0.6 is 11.3 Å². The number of nitrogens with one attached hydrogen (secondary N) is 1. The van der Waals surface area contributed by atoms with Crippen molar-refractivity contribution in [2.75, 3.05) is 6.54 Å². The molecule has 23 heavy (non-hydrogen) atoms. The number of benzene rings is 1. The van der Waals surface area contributed by atoms with E-state index in [0.717, 1.165) is 21.5 Å². The number of aromatic nitrogens is 2. The van der Waals surface area contributed by atoms with Gasteiger partial charge in [-0.3, -0.25) is 9.48 Å². The maximum Gasteiger partial charge on any atom is 0.261 e. The summed E-state index contributed by atoms with van der Waals surface area (Å²) in [6.07, 6.45) is 1.65. The highest BCUT2D eigenvalue weighted by Crippen LogP contribution is 2.28. The monoisotopic (exact) mass is 329 g/mol. The smallest absolute Gasteiger partial charge is 0.261 e. The van der Waals surface area contributed by atoms with Gasteiger partial charge >= 0.3 is 0 Å². The van der Waals surface area contributed by atoms with Gasteiger partial charge in [0.15, 0.2) is 0 Å². The Labute approximate surface area is 137 Å². The number of rotatable bonds is 5. The molecule has 3 rings (SSSR count). The lowest BCUT2D eigenvalue weighted by atomic mass is 10.2. The lowest BCUT2D eigenvalue weighted by Gasteiger charge is -2.03. The second-order valence-electron chi connectivity index (χ2n) is 5.20. The minimum absolute atomic E-state index is 0.112. The Morgan fingerprint density at radius 3 is 2.87 bits per heavy atom. The molecular weight excluding hydrogens is 313 g/mol. The van der Waals surface area contributed by atoms with Crippen molar-refractivity contribution in [1.82, 2.24) is 15.1 Å². The third-order valence-electron chi connectivity index (χ3n) is 3.48. The van der Waals surface area contributed by atoms with Crippen LogP contribution in [0.15, 0.2) is 43.0 Å². The standard InChI is InChI=1S/C17H16FN3OS/c1-3-8-19-16(22)15-9-14-11(2)20-21(17(14)23-15)10-12-4-6-13(18)7-5-12/h3-7,9H,1,8,10H2,2H3,(H,19,22). The molecule has 118 valence electrons. The molecule has 0 spiro atoms. The Balaban J connectivity index is 1.91. The Morgan fingerprint density at radius 1 is 1.43 bits per heavy atom. The second-order valence-corrected chi connectivity index (χ2v) is 6.23. The Kier molecular flexibility index (Phi) is 4.25. The number of carbonyl (C=O) groups is 1. The maximum atomic E-state index is 13.0. The van der Waals surface area contributed by atoms with Gasteiger partial charge in [0.25, 0.3) is 5.91 Å². The van der Waals surface area contributed by atoms with Gasteiger partial charge in [-0.1, -0.05) is 18.2 Å². The van der Waals surface area contributed by atoms with Crippen molar-refractivity contribution >= 4 is 27.5 Å². The molecule has 3 aromatic rings. The van der Waals surface area contributed by atoms with Crippen molar-refractivity contribution in [2.45, 2.75) is 13.5 Å². The highest BCUT2D eigenvalue weighted by atomic mass is 32.1. The average Bonchev–Trinajstić information content (AvgIpc) is 3.09. The number of aryl methyl sites for hydroxylation is 1. The summed E-state index contributed by atoms with van der Waals surface area (Å²) < 4.78 is 14.9. The SMILES string of the molecule is C=CCNC(=O)c1cc2c(C)nn(Cc3ccc(F)cc3)c2s1. The van der Waals surface area contributed by atoms with Crippen LogP contribution in [0.4, 0.5) is 4.39 Å². The molecule has 2 aromatic heterocycles. The Bertz CT molecular complexity index is 864. The number of carbonyl (C=O) groups excluding carboxylic acids is 1. The fourth-order valence-electron chi connectivity index (χ4n) is 2.35. The lowest BCUT2D eigenvalue weighted by molar-refractivity contribution is 0.0962. The molecule has 0 bridgehead atoms. The Hall–Kier alpha value is -2.47. The molecule has 1 aromatic carbocycles. The number of nitrogens with zero attached hydrogens (tertiary/aromatic N) is 2. The molecule has 4 nitrogen and oxygen atoms in total. The van der Waals surface area contributed by atoms with Gasteiger partial charge in [-0.25, -0.2) is 4.39 Å². The van der Waals surface area contributed by atoms with Crippen LogP contribution in [0.25, 0.3) is 10.2 Å².